The van der Waals surface area contributed by atoms with Crippen LogP contribution in [0.1, 0.15) is 60.8 Å². The van der Waals surface area contributed by atoms with Gasteiger partial charge in [0.2, 0.25) is 0 Å². The van der Waals surface area contributed by atoms with Gasteiger partial charge < -0.3 is 5.32 Å². The van der Waals surface area contributed by atoms with Crippen molar-refractivity contribution in [2.75, 3.05) is 6.54 Å². The Hall–Kier alpha value is -0.0400. The average Bonchev–Trinajstić information content (AvgIpc) is 2.14. The summed E-state index contributed by atoms with van der Waals surface area (Å²) in [5, 5.41) is 3.59. The molecular weight excluding hydrogens is 170 g/mol. The zero-order chi connectivity index (χ0) is 11.2. The molecule has 0 saturated heterocycles. The van der Waals surface area contributed by atoms with Gasteiger partial charge in [-0.2, -0.15) is 0 Å². The van der Waals surface area contributed by atoms with Gasteiger partial charge in [-0.15, -0.1) is 0 Å². The molecular formula is C13H29N. The van der Waals surface area contributed by atoms with Crippen molar-refractivity contribution >= 4 is 0 Å². The Labute approximate surface area is 90.7 Å². The van der Waals surface area contributed by atoms with Crippen LogP contribution in [0.25, 0.3) is 0 Å². The van der Waals surface area contributed by atoms with E-state index in [0.717, 1.165) is 12.5 Å². The largest absolute Gasteiger partial charge is 0.314 e. The number of hydrogen-bond acceptors (Lipinski definition) is 1. The molecule has 0 amide bonds. The highest BCUT2D eigenvalue weighted by molar-refractivity contribution is 4.81. The van der Waals surface area contributed by atoms with E-state index < -0.39 is 0 Å². The predicted octanol–water partition coefficient (Wildman–Crippen LogP) is 3.84. The van der Waals surface area contributed by atoms with E-state index in [1.165, 1.54) is 19.3 Å². The molecule has 0 rings (SSSR count). The van der Waals surface area contributed by atoms with Crippen molar-refractivity contribution in [2.24, 2.45) is 11.3 Å². The van der Waals surface area contributed by atoms with Gasteiger partial charge in [-0.1, -0.05) is 54.4 Å². The molecule has 1 nitrogen and oxygen atoms in total. The summed E-state index contributed by atoms with van der Waals surface area (Å²) in [4.78, 5) is 0. The van der Waals surface area contributed by atoms with Crippen molar-refractivity contribution in [1.82, 2.24) is 5.32 Å². The topological polar surface area (TPSA) is 12.0 Å². The summed E-state index contributed by atoms with van der Waals surface area (Å²) >= 11 is 0. The van der Waals surface area contributed by atoms with Crippen LogP contribution in [-0.2, 0) is 0 Å². The van der Waals surface area contributed by atoms with Crippen LogP contribution in [0, 0.1) is 11.3 Å². The fourth-order valence-corrected chi connectivity index (χ4v) is 2.01. The summed E-state index contributed by atoms with van der Waals surface area (Å²) in [6, 6.07) is 0.607. The van der Waals surface area contributed by atoms with E-state index in [1.807, 2.05) is 0 Å². The highest BCUT2D eigenvalue weighted by Gasteiger charge is 2.28. The maximum Gasteiger partial charge on any atom is 0.00106 e. The SMILES string of the molecule is CCCC(C)(CNC(C)C)C(C)CC. The fourth-order valence-electron chi connectivity index (χ4n) is 2.01. The van der Waals surface area contributed by atoms with Crippen LogP contribution in [0.3, 0.4) is 0 Å². The summed E-state index contributed by atoms with van der Waals surface area (Å²) in [7, 11) is 0. The van der Waals surface area contributed by atoms with Crippen LogP contribution in [-0.4, -0.2) is 12.6 Å². The Balaban J connectivity index is 4.23. The maximum absolute atomic E-state index is 3.59. The van der Waals surface area contributed by atoms with Gasteiger partial charge in [0.1, 0.15) is 0 Å². The van der Waals surface area contributed by atoms with Gasteiger partial charge in [0.15, 0.2) is 0 Å². The lowest BCUT2D eigenvalue weighted by atomic mass is 9.73. The zero-order valence-electron chi connectivity index (χ0n) is 11.0. The third kappa shape index (κ3) is 4.45. The first-order valence-electron chi connectivity index (χ1n) is 6.19. The molecule has 0 radical (unpaired) electrons. The molecule has 0 aromatic heterocycles. The first-order chi connectivity index (χ1) is 6.46. The van der Waals surface area contributed by atoms with Crippen molar-refractivity contribution in [1.29, 1.82) is 0 Å². The van der Waals surface area contributed by atoms with Crippen LogP contribution in [0.15, 0.2) is 0 Å². The minimum atomic E-state index is 0.480. The quantitative estimate of drug-likeness (QED) is 0.657. The third-order valence-electron chi connectivity index (χ3n) is 3.54. The molecule has 1 heteroatoms. The van der Waals surface area contributed by atoms with Crippen molar-refractivity contribution in [3.8, 4) is 0 Å². The summed E-state index contributed by atoms with van der Waals surface area (Å²) in [6.45, 7) is 15.0. The van der Waals surface area contributed by atoms with E-state index in [-0.39, 0.29) is 0 Å². The minimum Gasteiger partial charge on any atom is -0.314 e. The van der Waals surface area contributed by atoms with Gasteiger partial charge in [0.05, 0.1) is 0 Å². The standard InChI is InChI=1S/C13H29N/c1-7-9-13(6,12(5)8-2)10-14-11(3)4/h11-12,14H,7-10H2,1-6H3. The Morgan fingerprint density at radius 2 is 1.71 bits per heavy atom. The van der Waals surface area contributed by atoms with Gasteiger partial charge in [0.25, 0.3) is 0 Å². The van der Waals surface area contributed by atoms with Gasteiger partial charge >= 0.3 is 0 Å². The Morgan fingerprint density at radius 1 is 1.14 bits per heavy atom. The van der Waals surface area contributed by atoms with Gasteiger partial charge in [0, 0.05) is 12.6 Å². The minimum absolute atomic E-state index is 0.480. The second-order valence-corrected chi connectivity index (χ2v) is 5.25. The lowest BCUT2D eigenvalue weighted by molar-refractivity contribution is 0.166. The van der Waals surface area contributed by atoms with Gasteiger partial charge in [-0.05, 0) is 17.8 Å². The fraction of sp³-hybridized carbons (Fsp3) is 1.00. The van der Waals surface area contributed by atoms with Crippen LogP contribution in [0.4, 0.5) is 0 Å². The smallest absolute Gasteiger partial charge is 0.00106 e. The molecule has 0 spiro atoms. The lowest BCUT2D eigenvalue weighted by Gasteiger charge is -2.36. The second kappa shape index (κ2) is 6.44. The van der Waals surface area contributed by atoms with Crippen LogP contribution in [0.2, 0.25) is 0 Å². The molecule has 0 aliphatic carbocycles. The first-order valence-corrected chi connectivity index (χ1v) is 6.19. The van der Waals surface area contributed by atoms with Crippen LogP contribution < -0.4 is 5.32 Å². The van der Waals surface area contributed by atoms with Crippen molar-refractivity contribution in [2.45, 2.75) is 66.8 Å². The Kier molecular flexibility index (Phi) is 6.43. The summed E-state index contributed by atoms with van der Waals surface area (Å²) in [5.74, 6) is 0.814. The maximum atomic E-state index is 3.59. The normalized spacial score (nSPS) is 18.2. The van der Waals surface area contributed by atoms with E-state index in [1.54, 1.807) is 0 Å². The molecule has 0 aromatic carbocycles. The molecule has 0 bridgehead atoms. The van der Waals surface area contributed by atoms with Crippen molar-refractivity contribution in [3.63, 3.8) is 0 Å². The van der Waals surface area contributed by atoms with Crippen molar-refractivity contribution in [3.05, 3.63) is 0 Å². The van der Waals surface area contributed by atoms with Crippen LogP contribution in [0.5, 0.6) is 0 Å². The lowest BCUT2D eigenvalue weighted by Crippen LogP contribution is -2.39. The second-order valence-electron chi connectivity index (χ2n) is 5.25. The Morgan fingerprint density at radius 3 is 2.07 bits per heavy atom. The molecule has 86 valence electrons. The molecule has 0 aromatic rings. The molecule has 0 fully saturated rings. The number of rotatable bonds is 7. The average molecular weight is 199 g/mol. The number of hydrogen-bond donors (Lipinski definition) is 1. The highest BCUT2D eigenvalue weighted by atomic mass is 14.9. The summed E-state index contributed by atoms with van der Waals surface area (Å²) < 4.78 is 0. The first kappa shape index (κ1) is 14.0. The molecule has 2 unspecified atom stereocenters. The molecule has 0 heterocycles. The monoisotopic (exact) mass is 199 g/mol. The van der Waals surface area contributed by atoms with E-state index in [4.69, 9.17) is 0 Å². The van der Waals surface area contributed by atoms with E-state index in [9.17, 15) is 0 Å². The van der Waals surface area contributed by atoms with Gasteiger partial charge in [-0.25, -0.2) is 0 Å². The summed E-state index contributed by atoms with van der Waals surface area (Å²) in [6.07, 6.45) is 3.92. The summed E-state index contributed by atoms with van der Waals surface area (Å²) in [5.41, 5.74) is 0.480. The van der Waals surface area contributed by atoms with E-state index in [2.05, 4.69) is 46.9 Å². The van der Waals surface area contributed by atoms with E-state index >= 15 is 0 Å². The highest BCUT2D eigenvalue weighted by Crippen LogP contribution is 2.33. The molecule has 2 atom stereocenters. The third-order valence-corrected chi connectivity index (χ3v) is 3.54. The van der Waals surface area contributed by atoms with Crippen molar-refractivity contribution < 1.29 is 0 Å². The van der Waals surface area contributed by atoms with Crippen LogP contribution >= 0.6 is 0 Å². The predicted molar refractivity (Wildman–Crippen MR) is 65.6 cm³/mol. The molecule has 0 aliphatic heterocycles. The number of nitrogens with one attached hydrogen (secondary N) is 1. The molecule has 0 aliphatic rings. The van der Waals surface area contributed by atoms with Gasteiger partial charge in [-0.3, -0.25) is 0 Å². The molecule has 0 saturated carbocycles. The zero-order valence-corrected chi connectivity index (χ0v) is 11.0. The molecule has 14 heavy (non-hydrogen) atoms. The molecule has 1 N–H and O–H groups in total. The Bertz CT molecular complexity index is 142. The van der Waals surface area contributed by atoms with E-state index in [0.29, 0.717) is 11.5 Å².